The minimum absolute atomic E-state index is 0.407. The summed E-state index contributed by atoms with van der Waals surface area (Å²) in [5, 5.41) is 0. The lowest BCUT2D eigenvalue weighted by Gasteiger charge is -2.33. The fraction of sp³-hybridized carbons (Fsp3) is 0.0192. The molecule has 3 nitrogen and oxygen atoms in total. The highest BCUT2D eigenvalue weighted by Gasteiger charge is 2.45. The molecule has 0 saturated carbocycles. The van der Waals surface area contributed by atoms with Gasteiger partial charge in [-0.1, -0.05) is 182 Å². The predicted octanol–water partition coefficient (Wildman–Crippen LogP) is 12.6. The molecule has 2 aromatic heterocycles. The molecule has 9 aromatic rings. The Morgan fingerprint density at radius 3 is 1.38 bits per heavy atom. The van der Waals surface area contributed by atoms with Gasteiger partial charge in [-0.15, -0.1) is 0 Å². The number of hydrogen-bond acceptors (Lipinski definition) is 3. The molecule has 0 amide bonds. The van der Waals surface area contributed by atoms with E-state index >= 15 is 0 Å². The van der Waals surface area contributed by atoms with Gasteiger partial charge in [0.15, 0.2) is 5.82 Å². The number of hydrogen-bond donors (Lipinski definition) is 0. The SMILES string of the molecule is c1ccc(-c2ccc(-c3nc(-c4ccccc4)cc(-c4ccc(-c5ccc6c(c5)-c5ccccc5C6(c5ccccc5)c5ccccc5)cc4)n3)cn2)cc1. The Kier molecular flexibility index (Phi) is 8.04. The third-order valence-corrected chi connectivity index (χ3v) is 10.9. The number of aromatic nitrogens is 3. The maximum atomic E-state index is 5.10. The van der Waals surface area contributed by atoms with Gasteiger partial charge in [0, 0.05) is 28.5 Å². The van der Waals surface area contributed by atoms with Crippen LogP contribution in [0.5, 0.6) is 0 Å². The molecule has 0 fully saturated rings. The van der Waals surface area contributed by atoms with E-state index in [0.717, 1.165) is 44.9 Å². The molecule has 2 heterocycles. The molecule has 3 heteroatoms. The van der Waals surface area contributed by atoms with Crippen LogP contribution in [0.2, 0.25) is 0 Å². The Morgan fingerprint density at radius 1 is 0.309 bits per heavy atom. The Balaban J connectivity index is 1.04. The minimum Gasteiger partial charge on any atom is -0.255 e. The minimum atomic E-state index is -0.407. The van der Waals surface area contributed by atoms with Crippen molar-refractivity contribution < 1.29 is 0 Å². The average Bonchev–Trinajstić information content (AvgIpc) is 3.58. The summed E-state index contributed by atoms with van der Waals surface area (Å²) in [5.74, 6) is 0.644. The van der Waals surface area contributed by atoms with Gasteiger partial charge < -0.3 is 0 Å². The first-order valence-corrected chi connectivity index (χ1v) is 18.7. The lowest BCUT2D eigenvalue weighted by atomic mass is 9.67. The van der Waals surface area contributed by atoms with Gasteiger partial charge in [0.25, 0.3) is 0 Å². The number of benzene rings is 7. The molecule has 0 aliphatic heterocycles. The Morgan fingerprint density at radius 2 is 0.782 bits per heavy atom. The molecule has 0 atom stereocenters. The second-order valence-corrected chi connectivity index (χ2v) is 14.0. The van der Waals surface area contributed by atoms with Gasteiger partial charge in [0.05, 0.1) is 22.5 Å². The van der Waals surface area contributed by atoms with E-state index in [1.807, 2.05) is 48.7 Å². The molecule has 1 aliphatic carbocycles. The van der Waals surface area contributed by atoms with Gasteiger partial charge >= 0.3 is 0 Å². The van der Waals surface area contributed by atoms with Crippen molar-refractivity contribution in [3.63, 3.8) is 0 Å². The van der Waals surface area contributed by atoms with Crippen molar-refractivity contribution >= 4 is 0 Å². The Hall–Kier alpha value is -7.23. The molecule has 10 rings (SSSR count). The summed E-state index contributed by atoms with van der Waals surface area (Å²) in [5.41, 5.74) is 16.3. The highest BCUT2D eigenvalue weighted by Crippen LogP contribution is 2.56. The van der Waals surface area contributed by atoms with E-state index in [2.05, 4.69) is 164 Å². The largest absolute Gasteiger partial charge is 0.255 e. The molecule has 1 aliphatic rings. The molecule has 0 unspecified atom stereocenters. The summed E-state index contributed by atoms with van der Waals surface area (Å²) >= 11 is 0. The predicted molar refractivity (Wildman–Crippen MR) is 224 cm³/mol. The van der Waals surface area contributed by atoms with Crippen LogP contribution in [0.3, 0.4) is 0 Å². The first-order chi connectivity index (χ1) is 27.3. The standard InChI is InChI=1S/C52H35N3/c1-5-15-37(16-6-1)48-32-30-41(35-53-48)51-54-49(38-17-7-2-8-18-38)34-50(55-51)39-27-25-36(26-28-39)40-29-31-47-45(33-40)44-23-13-14-24-46(44)52(47,42-19-9-3-10-20-42)43-21-11-4-12-22-43/h1-35H. The molecule has 0 saturated heterocycles. The molecule has 7 aromatic carbocycles. The van der Waals surface area contributed by atoms with Crippen LogP contribution in [0.1, 0.15) is 22.3 Å². The van der Waals surface area contributed by atoms with Gasteiger partial charge in [0.2, 0.25) is 0 Å². The smallest absolute Gasteiger partial charge is 0.161 e. The monoisotopic (exact) mass is 701 g/mol. The van der Waals surface area contributed by atoms with E-state index in [0.29, 0.717) is 5.82 Å². The third kappa shape index (κ3) is 5.65. The zero-order chi connectivity index (χ0) is 36.6. The molecule has 0 radical (unpaired) electrons. The summed E-state index contributed by atoms with van der Waals surface area (Å²) in [6, 6.07) is 73.2. The van der Waals surface area contributed by atoms with Crippen LogP contribution in [0.4, 0.5) is 0 Å². The first-order valence-electron chi connectivity index (χ1n) is 18.7. The van der Waals surface area contributed by atoms with Crippen LogP contribution in [0.15, 0.2) is 212 Å². The van der Waals surface area contributed by atoms with E-state index < -0.39 is 5.41 Å². The molecular weight excluding hydrogens is 667 g/mol. The number of nitrogens with zero attached hydrogens (tertiary/aromatic N) is 3. The van der Waals surface area contributed by atoms with Crippen LogP contribution in [-0.2, 0) is 5.41 Å². The summed E-state index contributed by atoms with van der Waals surface area (Å²) in [7, 11) is 0. The number of pyridine rings is 1. The van der Waals surface area contributed by atoms with Gasteiger partial charge in [-0.3, -0.25) is 4.98 Å². The van der Waals surface area contributed by atoms with Crippen LogP contribution < -0.4 is 0 Å². The maximum Gasteiger partial charge on any atom is 0.161 e. The van der Waals surface area contributed by atoms with E-state index in [4.69, 9.17) is 15.0 Å². The van der Waals surface area contributed by atoms with Crippen molar-refractivity contribution in [1.29, 1.82) is 0 Å². The highest BCUT2D eigenvalue weighted by molar-refractivity contribution is 5.89. The second-order valence-electron chi connectivity index (χ2n) is 14.0. The topological polar surface area (TPSA) is 38.7 Å². The van der Waals surface area contributed by atoms with E-state index in [1.54, 1.807) is 0 Å². The summed E-state index contributed by atoms with van der Waals surface area (Å²) in [6.07, 6.45) is 1.87. The van der Waals surface area contributed by atoms with E-state index in [1.165, 1.54) is 38.9 Å². The summed E-state index contributed by atoms with van der Waals surface area (Å²) in [6.45, 7) is 0. The van der Waals surface area contributed by atoms with Crippen LogP contribution in [-0.4, -0.2) is 15.0 Å². The normalized spacial score (nSPS) is 12.5. The van der Waals surface area contributed by atoms with Crippen LogP contribution >= 0.6 is 0 Å². The van der Waals surface area contributed by atoms with Crippen molar-refractivity contribution in [2.45, 2.75) is 5.41 Å². The summed E-state index contributed by atoms with van der Waals surface area (Å²) in [4.78, 5) is 14.9. The lowest BCUT2D eigenvalue weighted by molar-refractivity contribution is 0.768. The van der Waals surface area contributed by atoms with E-state index in [9.17, 15) is 0 Å². The number of fused-ring (bicyclic) bond motifs is 3. The molecule has 0 N–H and O–H groups in total. The Bertz CT molecular complexity index is 2720. The van der Waals surface area contributed by atoms with E-state index in [-0.39, 0.29) is 0 Å². The third-order valence-electron chi connectivity index (χ3n) is 10.9. The molecule has 55 heavy (non-hydrogen) atoms. The highest BCUT2D eigenvalue weighted by atomic mass is 14.9. The van der Waals surface area contributed by atoms with Crippen molar-refractivity contribution in [3.05, 3.63) is 235 Å². The molecule has 0 spiro atoms. The van der Waals surface area contributed by atoms with Crippen LogP contribution in [0, 0.1) is 0 Å². The first kappa shape index (κ1) is 32.4. The number of rotatable bonds is 7. The van der Waals surface area contributed by atoms with Crippen molar-refractivity contribution in [2.75, 3.05) is 0 Å². The molecule has 0 bridgehead atoms. The summed E-state index contributed by atoms with van der Waals surface area (Å²) < 4.78 is 0. The van der Waals surface area contributed by atoms with Gasteiger partial charge in [0.1, 0.15) is 0 Å². The molecular formula is C52H35N3. The quantitative estimate of drug-likeness (QED) is 0.166. The average molecular weight is 702 g/mol. The van der Waals surface area contributed by atoms with Crippen molar-refractivity contribution in [1.82, 2.24) is 15.0 Å². The van der Waals surface area contributed by atoms with Gasteiger partial charge in [-0.25, -0.2) is 9.97 Å². The Labute approximate surface area is 321 Å². The zero-order valence-corrected chi connectivity index (χ0v) is 30.0. The lowest BCUT2D eigenvalue weighted by Crippen LogP contribution is -2.28. The molecule has 258 valence electrons. The van der Waals surface area contributed by atoms with Gasteiger partial charge in [-0.05, 0) is 68.8 Å². The second kappa shape index (κ2) is 13.6. The fourth-order valence-corrected chi connectivity index (χ4v) is 8.25. The van der Waals surface area contributed by atoms with Crippen molar-refractivity contribution in [3.8, 4) is 67.4 Å². The zero-order valence-electron chi connectivity index (χ0n) is 30.0. The fourth-order valence-electron chi connectivity index (χ4n) is 8.25. The van der Waals surface area contributed by atoms with Gasteiger partial charge in [-0.2, -0.15) is 0 Å². The maximum absolute atomic E-state index is 5.10. The van der Waals surface area contributed by atoms with Crippen molar-refractivity contribution in [2.24, 2.45) is 0 Å². The van der Waals surface area contributed by atoms with Crippen LogP contribution in [0.25, 0.3) is 67.4 Å².